The van der Waals surface area contributed by atoms with Gasteiger partial charge in [0.25, 0.3) is 5.91 Å². The molecule has 0 atom stereocenters. The molecule has 2 aromatic carbocycles. The van der Waals surface area contributed by atoms with Crippen LogP contribution in [-0.4, -0.2) is 11.0 Å². The van der Waals surface area contributed by atoms with Crippen molar-refractivity contribution in [3.05, 3.63) is 62.3 Å². The van der Waals surface area contributed by atoms with E-state index in [2.05, 4.69) is 37.2 Å². The molecule has 0 heterocycles. The van der Waals surface area contributed by atoms with Gasteiger partial charge in [-0.1, -0.05) is 31.9 Å². The first-order chi connectivity index (χ1) is 9.47. The number of phenolic OH excluding ortho intramolecular Hbond substituents is 1. The average molecular weight is 403 g/mol. The topological polar surface area (TPSA) is 49.3 Å². The lowest BCUT2D eigenvalue weighted by atomic mass is 10.1. The van der Waals surface area contributed by atoms with Gasteiger partial charge in [0.2, 0.25) is 0 Å². The molecule has 104 valence electrons. The predicted molar refractivity (Wildman–Crippen MR) is 81.1 cm³/mol. The summed E-state index contributed by atoms with van der Waals surface area (Å²) in [7, 11) is 0. The van der Waals surface area contributed by atoms with Crippen LogP contribution in [0.3, 0.4) is 0 Å². The highest BCUT2D eigenvalue weighted by atomic mass is 79.9. The van der Waals surface area contributed by atoms with E-state index in [1.54, 1.807) is 18.2 Å². The number of benzene rings is 2. The highest BCUT2D eigenvalue weighted by molar-refractivity contribution is 9.10. The lowest BCUT2D eigenvalue weighted by molar-refractivity contribution is 0.0948. The molecule has 2 aromatic rings. The van der Waals surface area contributed by atoms with Gasteiger partial charge in [0.1, 0.15) is 11.6 Å². The van der Waals surface area contributed by atoms with E-state index >= 15 is 0 Å². The molecule has 0 fully saturated rings. The molecular formula is C14H10Br2FNO2. The fourth-order valence-electron chi connectivity index (χ4n) is 1.65. The van der Waals surface area contributed by atoms with Gasteiger partial charge in [-0.15, -0.1) is 0 Å². The van der Waals surface area contributed by atoms with Gasteiger partial charge in [0, 0.05) is 21.1 Å². The van der Waals surface area contributed by atoms with Crippen molar-refractivity contribution in [2.45, 2.75) is 6.54 Å². The summed E-state index contributed by atoms with van der Waals surface area (Å²) in [6.45, 7) is 0.0413. The molecule has 3 nitrogen and oxygen atoms in total. The third-order valence-electron chi connectivity index (χ3n) is 2.65. The zero-order valence-corrected chi connectivity index (χ0v) is 13.3. The molecular weight excluding hydrogens is 393 g/mol. The van der Waals surface area contributed by atoms with Crippen LogP contribution in [-0.2, 0) is 6.54 Å². The summed E-state index contributed by atoms with van der Waals surface area (Å²) in [4.78, 5) is 11.9. The van der Waals surface area contributed by atoms with Gasteiger partial charge in [-0.05, 0) is 36.4 Å². The third kappa shape index (κ3) is 3.58. The molecule has 2 N–H and O–H groups in total. The Bertz CT molecular complexity index is 662. The summed E-state index contributed by atoms with van der Waals surface area (Å²) in [5.74, 6) is -0.991. The summed E-state index contributed by atoms with van der Waals surface area (Å²) in [5, 5.41) is 12.3. The van der Waals surface area contributed by atoms with Crippen molar-refractivity contribution < 1.29 is 14.3 Å². The molecule has 1 amide bonds. The van der Waals surface area contributed by atoms with Gasteiger partial charge >= 0.3 is 0 Å². The van der Waals surface area contributed by atoms with E-state index in [1.165, 1.54) is 18.2 Å². The van der Waals surface area contributed by atoms with Crippen LogP contribution in [0.25, 0.3) is 0 Å². The van der Waals surface area contributed by atoms with Gasteiger partial charge in [0.15, 0.2) is 0 Å². The number of rotatable bonds is 3. The fraction of sp³-hybridized carbons (Fsp3) is 0.0714. The summed E-state index contributed by atoms with van der Waals surface area (Å²) < 4.78 is 14.9. The Labute approximate surface area is 132 Å². The van der Waals surface area contributed by atoms with Gasteiger partial charge in [-0.25, -0.2) is 4.39 Å². The van der Waals surface area contributed by atoms with E-state index in [0.717, 1.165) is 4.47 Å². The highest BCUT2D eigenvalue weighted by Gasteiger charge is 2.12. The van der Waals surface area contributed by atoms with Crippen LogP contribution in [0.15, 0.2) is 45.3 Å². The normalized spacial score (nSPS) is 10.3. The largest absolute Gasteiger partial charge is 0.507 e. The molecule has 0 unspecified atom stereocenters. The Morgan fingerprint density at radius 1 is 1.15 bits per heavy atom. The van der Waals surface area contributed by atoms with E-state index in [-0.39, 0.29) is 17.9 Å². The summed E-state index contributed by atoms with van der Waals surface area (Å²) >= 11 is 6.44. The van der Waals surface area contributed by atoms with Crippen molar-refractivity contribution in [2.24, 2.45) is 0 Å². The van der Waals surface area contributed by atoms with Crippen molar-refractivity contribution in [2.75, 3.05) is 0 Å². The minimum absolute atomic E-state index is 0.0413. The van der Waals surface area contributed by atoms with Crippen molar-refractivity contribution in [1.82, 2.24) is 5.32 Å². The SMILES string of the molecule is O=C(NCc1cc(Br)ccc1F)c1ccc(Br)cc1O. The number of hydrogen-bond donors (Lipinski definition) is 2. The maximum absolute atomic E-state index is 13.5. The number of amides is 1. The van der Waals surface area contributed by atoms with Crippen LogP contribution in [0, 0.1) is 5.82 Å². The highest BCUT2D eigenvalue weighted by Crippen LogP contribution is 2.22. The van der Waals surface area contributed by atoms with E-state index < -0.39 is 11.7 Å². The smallest absolute Gasteiger partial charge is 0.255 e. The van der Waals surface area contributed by atoms with Crippen LogP contribution < -0.4 is 5.32 Å². The van der Waals surface area contributed by atoms with Gasteiger partial charge in [0.05, 0.1) is 5.56 Å². The third-order valence-corrected chi connectivity index (χ3v) is 3.64. The standard InChI is InChI=1S/C14H10Br2FNO2/c15-9-2-4-12(17)8(5-9)7-18-14(20)11-3-1-10(16)6-13(11)19/h1-6,19H,7H2,(H,18,20). The molecule has 0 saturated carbocycles. The van der Waals surface area contributed by atoms with E-state index in [1.807, 2.05) is 0 Å². The van der Waals surface area contributed by atoms with E-state index in [4.69, 9.17) is 0 Å². The molecule has 0 saturated heterocycles. The maximum Gasteiger partial charge on any atom is 0.255 e. The molecule has 6 heteroatoms. The van der Waals surface area contributed by atoms with Crippen molar-refractivity contribution in [1.29, 1.82) is 0 Å². The second-order valence-electron chi connectivity index (χ2n) is 4.08. The average Bonchev–Trinajstić information content (AvgIpc) is 2.39. The number of aromatic hydroxyl groups is 1. The Balaban J connectivity index is 2.10. The quantitative estimate of drug-likeness (QED) is 0.815. The van der Waals surface area contributed by atoms with Gasteiger partial charge in [-0.2, -0.15) is 0 Å². The van der Waals surface area contributed by atoms with E-state index in [0.29, 0.717) is 10.0 Å². The summed E-state index contributed by atoms with van der Waals surface area (Å²) in [6.07, 6.45) is 0. The van der Waals surface area contributed by atoms with E-state index in [9.17, 15) is 14.3 Å². The molecule has 0 spiro atoms. The zero-order chi connectivity index (χ0) is 14.7. The van der Waals surface area contributed by atoms with Crippen LogP contribution >= 0.6 is 31.9 Å². The number of carbonyl (C=O) groups excluding carboxylic acids is 1. The first kappa shape index (κ1) is 15.0. The Hall–Kier alpha value is -1.40. The second-order valence-corrected chi connectivity index (χ2v) is 5.91. The molecule has 0 aliphatic heterocycles. The predicted octanol–water partition coefficient (Wildman–Crippen LogP) is 3.99. The van der Waals surface area contributed by atoms with Crippen molar-refractivity contribution in [3.8, 4) is 5.75 Å². The van der Waals surface area contributed by atoms with Crippen LogP contribution in [0.1, 0.15) is 15.9 Å². The monoisotopic (exact) mass is 401 g/mol. The Morgan fingerprint density at radius 3 is 2.50 bits per heavy atom. The second kappa shape index (κ2) is 6.37. The van der Waals surface area contributed by atoms with Gasteiger partial charge < -0.3 is 10.4 Å². The molecule has 0 bridgehead atoms. The first-order valence-electron chi connectivity index (χ1n) is 5.68. The minimum Gasteiger partial charge on any atom is -0.507 e. The number of carbonyl (C=O) groups is 1. The summed E-state index contributed by atoms with van der Waals surface area (Å²) in [6, 6.07) is 9.07. The molecule has 2 rings (SSSR count). The number of phenols is 1. The maximum atomic E-state index is 13.5. The summed E-state index contributed by atoms with van der Waals surface area (Å²) in [5.41, 5.74) is 0.507. The van der Waals surface area contributed by atoms with Crippen LogP contribution in [0.5, 0.6) is 5.75 Å². The molecule has 0 aliphatic rings. The van der Waals surface area contributed by atoms with Crippen LogP contribution in [0.4, 0.5) is 4.39 Å². The fourth-order valence-corrected chi connectivity index (χ4v) is 2.40. The molecule has 0 aliphatic carbocycles. The molecule has 0 radical (unpaired) electrons. The lowest BCUT2D eigenvalue weighted by Crippen LogP contribution is -2.23. The molecule has 0 aromatic heterocycles. The Morgan fingerprint density at radius 2 is 1.80 bits per heavy atom. The lowest BCUT2D eigenvalue weighted by Gasteiger charge is -2.08. The number of nitrogens with one attached hydrogen (secondary N) is 1. The Kier molecular flexibility index (Phi) is 4.77. The minimum atomic E-state index is -0.464. The van der Waals surface area contributed by atoms with Crippen molar-refractivity contribution in [3.63, 3.8) is 0 Å². The van der Waals surface area contributed by atoms with Crippen LogP contribution in [0.2, 0.25) is 0 Å². The number of hydrogen-bond acceptors (Lipinski definition) is 2. The first-order valence-corrected chi connectivity index (χ1v) is 7.26. The molecule has 20 heavy (non-hydrogen) atoms. The number of halogens is 3. The zero-order valence-electron chi connectivity index (χ0n) is 10.2. The van der Waals surface area contributed by atoms with Crippen molar-refractivity contribution >= 4 is 37.8 Å². The van der Waals surface area contributed by atoms with Gasteiger partial charge in [-0.3, -0.25) is 4.79 Å².